The molecule has 0 amide bonds. The predicted octanol–water partition coefficient (Wildman–Crippen LogP) is 1.23. The Kier molecular flexibility index (Phi) is 4.30. The van der Waals surface area contributed by atoms with Gasteiger partial charge in [0.1, 0.15) is 11.7 Å². The minimum absolute atomic E-state index is 0.0421. The predicted molar refractivity (Wildman–Crippen MR) is 69.1 cm³/mol. The van der Waals surface area contributed by atoms with Gasteiger partial charge in [0.05, 0.1) is 13.0 Å². The summed E-state index contributed by atoms with van der Waals surface area (Å²) in [6, 6.07) is 0. The quantitative estimate of drug-likeness (QED) is 0.617. The minimum Gasteiger partial charge on any atom is -0.460 e. The summed E-state index contributed by atoms with van der Waals surface area (Å²) in [5, 5.41) is 10.2. The average Bonchev–Trinajstić information content (AvgIpc) is 2.52. The Balaban J connectivity index is 2.69. The smallest absolute Gasteiger partial charge is 0.309 e. The van der Waals surface area contributed by atoms with Crippen molar-refractivity contribution in [3.8, 4) is 12.3 Å². The summed E-state index contributed by atoms with van der Waals surface area (Å²) in [6.07, 6.45) is 4.02. The molecule has 0 radical (unpaired) electrons. The third kappa shape index (κ3) is 4.20. The molecule has 0 aromatic heterocycles. The van der Waals surface area contributed by atoms with Gasteiger partial charge in [-0.15, -0.1) is 6.42 Å². The lowest BCUT2D eigenvalue weighted by molar-refractivity contribution is -0.177. The Labute approximate surface area is 114 Å². The highest BCUT2D eigenvalue weighted by molar-refractivity contribution is 5.70. The standard InChI is InChI=1S/C14H22O5/c1-7-14(9-17-13(5,6)19-14)10(15)8-11(16)18-12(2,3)4/h1,10,15H,8-9H2,2-6H3/t10?,14-/m1/s1. The van der Waals surface area contributed by atoms with Crippen molar-refractivity contribution < 1.29 is 24.1 Å². The maximum Gasteiger partial charge on any atom is 0.309 e. The van der Waals surface area contributed by atoms with E-state index in [4.69, 9.17) is 20.6 Å². The Morgan fingerprint density at radius 3 is 2.47 bits per heavy atom. The average molecular weight is 270 g/mol. The van der Waals surface area contributed by atoms with E-state index in [1.165, 1.54) is 0 Å². The molecule has 0 aromatic rings. The number of carbonyl (C=O) groups is 1. The van der Waals surface area contributed by atoms with E-state index in [9.17, 15) is 9.90 Å². The number of esters is 1. The van der Waals surface area contributed by atoms with Crippen molar-refractivity contribution in [1.82, 2.24) is 0 Å². The van der Waals surface area contributed by atoms with Gasteiger partial charge >= 0.3 is 5.97 Å². The lowest BCUT2D eigenvalue weighted by Crippen LogP contribution is -2.46. The van der Waals surface area contributed by atoms with E-state index in [1.807, 2.05) is 0 Å². The van der Waals surface area contributed by atoms with Gasteiger partial charge < -0.3 is 19.3 Å². The Hall–Kier alpha value is -1.09. The summed E-state index contributed by atoms with van der Waals surface area (Å²) in [5.41, 5.74) is -1.91. The van der Waals surface area contributed by atoms with Crippen molar-refractivity contribution in [3.63, 3.8) is 0 Å². The number of carbonyl (C=O) groups excluding carboxylic acids is 1. The number of hydrogen-bond acceptors (Lipinski definition) is 5. The van der Waals surface area contributed by atoms with Gasteiger partial charge in [0.25, 0.3) is 0 Å². The molecule has 108 valence electrons. The van der Waals surface area contributed by atoms with Crippen molar-refractivity contribution in [2.45, 2.75) is 64.1 Å². The van der Waals surface area contributed by atoms with E-state index >= 15 is 0 Å². The molecule has 1 saturated heterocycles. The second-order valence-electron chi connectivity index (χ2n) is 6.13. The van der Waals surface area contributed by atoms with Crippen LogP contribution in [0, 0.1) is 12.3 Å². The van der Waals surface area contributed by atoms with Crippen molar-refractivity contribution in [2.24, 2.45) is 0 Å². The van der Waals surface area contributed by atoms with Crippen LogP contribution in [0.4, 0.5) is 0 Å². The SMILES string of the molecule is C#C[C@]1(C(O)CC(=O)OC(C)(C)C)COC(C)(C)O1. The minimum atomic E-state index is -1.31. The Bertz CT molecular complexity index is 388. The van der Waals surface area contributed by atoms with E-state index in [0.717, 1.165) is 0 Å². The van der Waals surface area contributed by atoms with E-state index in [2.05, 4.69) is 5.92 Å². The van der Waals surface area contributed by atoms with Crippen LogP contribution in [0.3, 0.4) is 0 Å². The molecular weight excluding hydrogens is 248 g/mol. The molecule has 0 aromatic carbocycles. The van der Waals surface area contributed by atoms with Gasteiger partial charge in [-0.1, -0.05) is 5.92 Å². The fourth-order valence-electron chi connectivity index (χ4n) is 1.82. The molecule has 0 aliphatic carbocycles. The number of terminal acetylenes is 1. The first-order valence-corrected chi connectivity index (χ1v) is 6.21. The zero-order valence-electron chi connectivity index (χ0n) is 12.1. The molecule has 1 unspecified atom stereocenters. The molecule has 1 fully saturated rings. The monoisotopic (exact) mass is 270 g/mol. The molecule has 1 aliphatic heterocycles. The fraction of sp³-hybridized carbons (Fsp3) is 0.786. The number of hydrogen-bond donors (Lipinski definition) is 1. The van der Waals surface area contributed by atoms with Crippen LogP contribution >= 0.6 is 0 Å². The van der Waals surface area contributed by atoms with Crippen LogP contribution < -0.4 is 0 Å². The summed E-state index contributed by atoms with van der Waals surface area (Å²) in [4.78, 5) is 11.7. The molecule has 1 aliphatic rings. The molecule has 19 heavy (non-hydrogen) atoms. The van der Waals surface area contributed by atoms with Crippen molar-refractivity contribution in [2.75, 3.05) is 6.61 Å². The highest BCUT2D eigenvalue weighted by Crippen LogP contribution is 2.34. The number of aliphatic hydroxyl groups is 1. The topological polar surface area (TPSA) is 65.0 Å². The van der Waals surface area contributed by atoms with Crippen LogP contribution in [0.25, 0.3) is 0 Å². The Morgan fingerprint density at radius 1 is 1.53 bits per heavy atom. The van der Waals surface area contributed by atoms with Crippen LogP contribution in [-0.4, -0.2) is 40.8 Å². The van der Waals surface area contributed by atoms with Gasteiger partial charge in [0, 0.05) is 0 Å². The third-order valence-electron chi connectivity index (χ3n) is 2.62. The van der Waals surface area contributed by atoms with Crippen LogP contribution in [0.1, 0.15) is 41.0 Å². The number of rotatable bonds is 3. The van der Waals surface area contributed by atoms with Gasteiger partial charge in [-0.05, 0) is 34.6 Å². The molecule has 5 nitrogen and oxygen atoms in total. The molecule has 1 rings (SSSR count). The van der Waals surface area contributed by atoms with Gasteiger partial charge in [-0.25, -0.2) is 0 Å². The molecule has 0 bridgehead atoms. The third-order valence-corrected chi connectivity index (χ3v) is 2.62. The van der Waals surface area contributed by atoms with Gasteiger partial charge in [-0.3, -0.25) is 4.79 Å². The Morgan fingerprint density at radius 2 is 2.11 bits per heavy atom. The summed E-state index contributed by atoms with van der Waals surface area (Å²) in [5.74, 6) is 0.997. The lowest BCUT2D eigenvalue weighted by Gasteiger charge is -2.29. The summed E-state index contributed by atoms with van der Waals surface area (Å²) < 4.78 is 16.1. The number of aliphatic hydroxyl groups excluding tert-OH is 1. The van der Waals surface area contributed by atoms with Crippen LogP contribution in [0.15, 0.2) is 0 Å². The van der Waals surface area contributed by atoms with E-state index in [0.29, 0.717) is 0 Å². The second kappa shape index (κ2) is 5.12. The normalized spacial score (nSPS) is 27.6. The highest BCUT2D eigenvalue weighted by Gasteiger charge is 2.50. The van der Waals surface area contributed by atoms with Gasteiger partial charge in [0.2, 0.25) is 0 Å². The molecule has 2 atom stereocenters. The van der Waals surface area contributed by atoms with Crippen LogP contribution in [-0.2, 0) is 19.0 Å². The zero-order valence-corrected chi connectivity index (χ0v) is 12.1. The molecule has 5 heteroatoms. The maximum absolute atomic E-state index is 11.7. The molecule has 0 saturated carbocycles. The first-order chi connectivity index (χ1) is 8.50. The van der Waals surface area contributed by atoms with Gasteiger partial charge in [-0.2, -0.15) is 0 Å². The van der Waals surface area contributed by atoms with E-state index in [-0.39, 0.29) is 13.0 Å². The van der Waals surface area contributed by atoms with E-state index < -0.39 is 29.1 Å². The van der Waals surface area contributed by atoms with Crippen molar-refractivity contribution in [3.05, 3.63) is 0 Å². The molecule has 1 heterocycles. The molecular formula is C14H22O5. The zero-order chi connectivity index (χ0) is 14.9. The van der Waals surface area contributed by atoms with E-state index in [1.54, 1.807) is 34.6 Å². The summed E-state index contributed by atoms with van der Waals surface area (Å²) in [6.45, 7) is 8.71. The van der Waals surface area contributed by atoms with Crippen molar-refractivity contribution >= 4 is 5.97 Å². The van der Waals surface area contributed by atoms with Crippen LogP contribution in [0.5, 0.6) is 0 Å². The first kappa shape index (κ1) is 16.0. The summed E-state index contributed by atoms with van der Waals surface area (Å²) >= 11 is 0. The second-order valence-corrected chi connectivity index (χ2v) is 6.13. The first-order valence-electron chi connectivity index (χ1n) is 6.21. The molecule has 0 spiro atoms. The van der Waals surface area contributed by atoms with Crippen molar-refractivity contribution in [1.29, 1.82) is 0 Å². The lowest BCUT2D eigenvalue weighted by atomic mass is 9.96. The van der Waals surface area contributed by atoms with Crippen LogP contribution in [0.2, 0.25) is 0 Å². The van der Waals surface area contributed by atoms with Gasteiger partial charge in [0.15, 0.2) is 11.4 Å². The number of ether oxygens (including phenoxy) is 3. The summed E-state index contributed by atoms with van der Waals surface area (Å²) in [7, 11) is 0. The highest BCUT2D eigenvalue weighted by atomic mass is 16.8. The largest absolute Gasteiger partial charge is 0.460 e. The fourth-order valence-corrected chi connectivity index (χ4v) is 1.82. The maximum atomic E-state index is 11.7. The molecule has 1 N–H and O–H groups in total.